The summed E-state index contributed by atoms with van der Waals surface area (Å²) in [5.41, 5.74) is 0.240. The van der Waals surface area contributed by atoms with E-state index >= 15 is 0 Å². The third-order valence-corrected chi connectivity index (χ3v) is 4.69. The van der Waals surface area contributed by atoms with E-state index in [1.54, 1.807) is 0 Å². The number of ether oxygens (including phenoxy) is 2. The maximum absolute atomic E-state index is 12.8. The maximum Gasteiger partial charge on any atom is 0.573 e. The van der Waals surface area contributed by atoms with Crippen LogP contribution in [0.3, 0.4) is 0 Å². The SMILES string of the molecule is CC#Cc1cc(OC(F)(F)F)ccc1Oc1cc(Cl)c(Cl)cc1C(=O)Nc1ccc[n+]([O-])c1. The lowest BCUT2D eigenvalue weighted by Crippen LogP contribution is -2.25. The van der Waals surface area contributed by atoms with Gasteiger partial charge in [-0.25, -0.2) is 0 Å². The minimum absolute atomic E-state index is 0.0447. The number of benzene rings is 2. The predicted molar refractivity (Wildman–Crippen MR) is 116 cm³/mol. The Bertz CT molecular complexity index is 1270. The van der Waals surface area contributed by atoms with Gasteiger partial charge in [0.2, 0.25) is 6.20 Å². The summed E-state index contributed by atoms with van der Waals surface area (Å²) in [4.78, 5) is 12.8. The second-order valence-electron chi connectivity index (χ2n) is 6.35. The second kappa shape index (κ2) is 9.90. The number of pyridine rings is 1. The van der Waals surface area contributed by atoms with Crippen molar-refractivity contribution in [1.29, 1.82) is 0 Å². The minimum atomic E-state index is -4.88. The molecular formula is C22H13Cl2F3N2O4. The zero-order valence-electron chi connectivity index (χ0n) is 16.7. The molecule has 0 bridgehead atoms. The van der Waals surface area contributed by atoms with E-state index in [2.05, 4.69) is 21.9 Å². The maximum atomic E-state index is 12.8. The van der Waals surface area contributed by atoms with Crippen LogP contribution in [0.4, 0.5) is 18.9 Å². The lowest BCUT2D eigenvalue weighted by Gasteiger charge is -2.15. The van der Waals surface area contributed by atoms with Gasteiger partial charge in [-0.2, -0.15) is 4.73 Å². The molecule has 170 valence electrons. The molecule has 0 saturated heterocycles. The Hall–Kier alpha value is -3.61. The number of nitrogens with one attached hydrogen (secondary N) is 1. The Kier molecular flexibility index (Phi) is 7.21. The number of halogens is 5. The topological polar surface area (TPSA) is 74.5 Å². The van der Waals surface area contributed by atoms with Gasteiger partial charge >= 0.3 is 6.36 Å². The van der Waals surface area contributed by atoms with E-state index in [-0.39, 0.29) is 38.4 Å². The molecule has 33 heavy (non-hydrogen) atoms. The Labute approximate surface area is 196 Å². The van der Waals surface area contributed by atoms with Gasteiger partial charge in [-0.3, -0.25) is 4.79 Å². The van der Waals surface area contributed by atoms with Crippen molar-refractivity contribution in [2.24, 2.45) is 0 Å². The van der Waals surface area contributed by atoms with Crippen molar-refractivity contribution in [2.45, 2.75) is 13.3 Å². The van der Waals surface area contributed by atoms with Gasteiger partial charge in [0.1, 0.15) is 22.9 Å². The van der Waals surface area contributed by atoms with Crippen LogP contribution in [-0.4, -0.2) is 12.3 Å². The number of rotatable bonds is 5. The standard InChI is InChI=1S/C22H13Cl2F3N2O4/c1-2-4-13-9-15(33-22(25,26)27)6-7-19(13)32-20-11-18(24)17(23)10-16(20)21(30)28-14-5-3-8-29(31)12-14/h3,5-12H,1H3,(H,28,30). The van der Waals surface area contributed by atoms with Crippen molar-refractivity contribution in [3.63, 3.8) is 0 Å². The molecule has 3 aromatic rings. The van der Waals surface area contributed by atoms with E-state index in [1.165, 1.54) is 43.5 Å². The molecule has 3 rings (SSSR count). The lowest BCUT2D eigenvalue weighted by atomic mass is 10.1. The highest BCUT2D eigenvalue weighted by molar-refractivity contribution is 6.42. The van der Waals surface area contributed by atoms with Gasteiger partial charge < -0.3 is 20.0 Å². The molecule has 0 spiro atoms. The average Bonchev–Trinajstić information content (AvgIpc) is 2.71. The van der Waals surface area contributed by atoms with Crippen LogP contribution in [0.15, 0.2) is 54.9 Å². The number of amides is 1. The second-order valence-corrected chi connectivity index (χ2v) is 7.17. The van der Waals surface area contributed by atoms with Crippen molar-refractivity contribution < 1.29 is 32.2 Å². The van der Waals surface area contributed by atoms with E-state index in [1.807, 2.05) is 0 Å². The van der Waals surface area contributed by atoms with Crippen LogP contribution < -0.4 is 19.5 Å². The number of alkyl halides is 3. The number of hydrogen-bond donors (Lipinski definition) is 1. The summed E-state index contributed by atoms with van der Waals surface area (Å²) in [5.74, 6) is 4.03. The molecule has 1 heterocycles. The average molecular weight is 497 g/mol. The van der Waals surface area contributed by atoms with E-state index in [0.29, 0.717) is 4.73 Å². The van der Waals surface area contributed by atoms with Crippen LogP contribution in [-0.2, 0) is 0 Å². The van der Waals surface area contributed by atoms with Crippen LogP contribution >= 0.6 is 23.2 Å². The normalized spacial score (nSPS) is 10.7. The highest BCUT2D eigenvalue weighted by Gasteiger charge is 2.31. The van der Waals surface area contributed by atoms with Crippen molar-refractivity contribution >= 4 is 34.8 Å². The van der Waals surface area contributed by atoms with Crippen molar-refractivity contribution in [2.75, 3.05) is 5.32 Å². The van der Waals surface area contributed by atoms with E-state index in [4.69, 9.17) is 27.9 Å². The summed E-state index contributed by atoms with van der Waals surface area (Å²) < 4.78 is 47.9. The number of anilines is 1. The summed E-state index contributed by atoms with van der Waals surface area (Å²) in [7, 11) is 0. The first-order valence-corrected chi connectivity index (χ1v) is 9.81. The molecule has 0 fully saturated rings. The first-order valence-electron chi connectivity index (χ1n) is 9.05. The number of aromatic nitrogens is 1. The summed E-state index contributed by atoms with van der Waals surface area (Å²) in [6.45, 7) is 1.49. The highest BCUT2D eigenvalue weighted by atomic mass is 35.5. The zero-order valence-corrected chi connectivity index (χ0v) is 18.2. The fourth-order valence-electron chi connectivity index (χ4n) is 2.66. The van der Waals surface area contributed by atoms with E-state index in [0.717, 1.165) is 18.3 Å². The lowest BCUT2D eigenvalue weighted by molar-refractivity contribution is -0.604. The molecule has 0 aliphatic carbocycles. The molecule has 1 aromatic heterocycles. The van der Waals surface area contributed by atoms with Crippen molar-refractivity contribution in [3.8, 4) is 29.1 Å². The van der Waals surface area contributed by atoms with Gasteiger partial charge in [0, 0.05) is 12.1 Å². The molecule has 0 unspecified atom stereocenters. The summed E-state index contributed by atoms with van der Waals surface area (Å²) >= 11 is 12.1. The van der Waals surface area contributed by atoms with Crippen LogP contribution in [0.2, 0.25) is 10.0 Å². The van der Waals surface area contributed by atoms with Crippen LogP contribution in [0.1, 0.15) is 22.8 Å². The Morgan fingerprint density at radius 2 is 1.85 bits per heavy atom. The minimum Gasteiger partial charge on any atom is -0.619 e. The molecule has 11 heteroatoms. The van der Waals surface area contributed by atoms with Gasteiger partial charge in [-0.05, 0) is 37.3 Å². The molecule has 6 nitrogen and oxygen atoms in total. The Morgan fingerprint density at radius 1 is 1.12 bits per heavy atom. The molecule has 0 aliphatic heterocycles. The summed E-state index contributed by atoms with van der Waals surface area (Å²) in [6.07, 6.45) is -2.50. The van der Waals surface area contributed by atoms with Gasteiger partial charge in [0.15, 0.2) is 6.20 Å². The van der Waals surface area contributed by atoms with Gasteiger partial charge in [0.05, 0.1) is 21.2 Å². The predicted octanol–water partition coefficient (Wildman–Crippen LogP) is 5.94. The molecule has 1 amide bonds. The van der Waals surface area contributed by atoms with E-state index in [9.17, 15) is 23.2 Å². The Morgan fingerprint density at radius 3 is 2.52 bits per heavy atom. The van der Waals surface area contributed by atoms with Crippen LogP contribution in [0.5, 0.6) is 17.2 Å². The first-order chi connectivity index (χ1) is 15.6. The third-order valence-electron chi connectivity index (χ3n) is 3.96. The first kappa shape index (κ1) is 24.0. The number of carbonyl (C=O) groups excluding carboxylic acids is 1. The molecule has 2 aromatic carbocycles. The molecule has 1 N–H and O–H groups in total. The van der Waals surface area contributed by atoms with Gasteiger partial charge in [-0.1, -0.05) is 29.1 Å². The summed E-state index contributed by atoms with van der Waals surface area (Å²) in [5, 5.41) is 14.1. The molecule has 0 atom stereocenters. The highest BCUT2D eigenvalue weighted by Crippen LogP contribution is 2.36. The molecule has 0 radical (unpaired) electrons. The molecular weight excluding hydrogens is 484 g/mol. The largest absolute Gasteiger partial charge is 0.619 e. The monoisotopic (exact) mass is 496 g/mol. The van der Waals surface area contributed by atoms with Gasteiger partial charge in [-0.15, -0.1) is 19.1 Å². The number of hydrogen-bond acceptors (Lipinski definition) is 4. The fraction of sp³-hybridized carbons (Fsp3) is 0.0909. The van der Waals surface area contributed by atoms with Crippen molar-refractivity contribution in [3.05, 3.63) is 81.2 Å². The van der Waals surface area contributed by atoms with Crippen LogP contribution in [0, 0.1) is 17.0 Å². The molecule has 0 aliphatic rings. The molecule has 0 saturated carbocycles. The quantitative estimate of drug-likeness (QED) is 0.269. The third kappa shape index (κ3) is 6.44. The number of nitrogens with zero attached hydrogens (tertiary/aromatic N) is 1. The Balaban J connectivity index is 1.98. The smallest absolute Gasteiger partial charge is 0.573 e. The van der Waals surface area contributed by atoms with E-state index < -0.39 is 18.0 Å². The van der Waals surface area contributed by atoms with Crippen molar-refractivity contribution in [1.82, 2.24) is 0 Å². The zero-order chi connectivity index (χ0) is 24.2. The summed E-state index contributed by atoms with van der Waals surface area (Å²) in [6, 6.07) is 8.78. The fourth-order valence-corrected chi connectivity index (χ4v) is 2.98. The van der Waals surface area contributed by atoms with Gasteiger partial charge in [0.25, 0.3) is 5.91 Å². The number of carbonyl (C=O) groups is 1. The van der Waals surface area contributed by atoms with Crippen LogP contribution in [0.25, 0.3) is 0 Å².